The van der Waals surface area contributed by atoms with E-state index in [0.717, 1.165) is 27.9 Å². The van der Waals surface area contributed by atoms with E-state index < -0.39 is 0 Å². The van der Waals surface area contributed by atoms with Gasteiger partial charge < -0.3 is 5.32 Å². The van der Waals surface area contributed by atoms with Crippen molar-refractivity contribution in [3.05, 3.63) is 70.5 Å². The van der Waals surface area contributed by atoms with E-state index in [2.05, 4.69) is 26.7 Å². The van der Waals surface area contributed by atoms with Crippen LogP contribution in [0.25, 0.3) is 16.6 Å². The molecular formula is C23H22N6O. The number of hydrogen-bond donors (Lipinski definition) is 2. The number of H-pyrrole nitrogens is 1. The number of fused-ring (bicyclic) bond motifs is 1. The van der Waals surface area contributed by atoms with Crippen molar-refractivity contribution in [2.75, 3.05) is 5.32 Å². The number of carbonyl (C=O) groups is 1. The molecule has 150 valence electrons. The molecule has 0 spiro atoms. The number of aromatic nitrogens is 4. The first-order chi connectivity index (χ1) is 14.4. The summed E-state index contributed by atoms with van der Waals surface area (Å²) in [7, 11) is 0. The second-order valence-corrected chi connectivity index (χ2v) is 7.65. The summed E-state index contributed by atoms with van der Waals surface area (Å²) in [5.74, 6) is 0.249. The molecule has 0 aliphatic rings. The summed E-state index contributed by atoms with van der Waals surface area (Å²) in [6.07, 6.45) is 1.60. The van der Waals surface area contributed by atoms with Gasteiger partial charge in [-0.15, -0.1) is 0 Å². The third-order valence-corrected chi connectivity index (χ3v) is 5.20. The molecule has 4 rings (SSSR count). The van der Waals surface area contributed by atoms with Gasteiger partial charge in [0.15, 0.2) is 5.82 Å². The van der Waals surface area contributed by atoms with Gasteiger partial charge in [0.1, 0.15) is 0 Å². The molecule has 2 heterocycles. The van der Waals surface area contributed by atoms with Gasteiger partial charge in [-0.3, -0.25) is 9.89 Å². The van der Waals surface area contributed by atoms with Crippen LogP contribution in [0.4, 0.5) is 5.82 Å². The number of rotatable bonds is 4. The van der Waals surface area contributed by atoms with Crippen LogP contribution < -0.4 is 5.32 Å². The maximum absolute atomic E-state index is 13.1. The van der Waals surface area contributed by atoms with E-state index in [1.165, 1.54) is 0 Å². The number of aryl methyl sites for hydroxylation is 2. The van der Waals surface area contributed by atoms with Crippen molar-refractivity contribution in [2.45, 2.75) is 33.6 Å². The van der Waals surface area contributed by atoms with E-state index in [-0.39, 0.29) is 11.8 Å². The van der Waals surface area contributed by atoms with Crippen LogP contribution >= 0.6 is 0 Å². The SMILES string of the molecule is Cc1cc2c(NC(=O)c3cnn(-c4ccccc4C)c3C(C)C)n[nH]c2cc1C#N. The van der Waals surface area contributed by atoms with Gasteiger partial charge in [0.25, 0.3) is 5.91 Å². The molecule has 0 aliphatic heterocycles. The van der Waals surface area contributed by atoms with E-state index >= 15 is 0 Å². The van der Waals surface area contributed by atoms with Crippen molar-refractivity contribution in [3.8, 4) is 11.8 Å². The van der Waals surface area contributed by atoms with E-state index in [4.69, 9.17) is 0 Å². The zero-order chi connectivity index (χ0) is 21.4. The van der Waals surface area contributed by atoms with Gasteiger partial charge in [0.2, 0.25) is 0 Å². The molecule has 7 nitrogen and oxygen atoms in total. The van der Waals surface area contributed by atoms with Crippen molar-refractivity contribution >= 4 is 22.6 Å². The van der Waals surface area contributed by atoms with Crippen molar-refractivity contribution in [1.82, 2.24) is 20.0 Å². The van der Waals surface area contributed by atoms with Gasteiger partial charge in [-0.05, 0) is 49.1 Å². The molecule has 30 heavy (non-hydrogen) atoms. The first kappa shape index (κ1) is 19.4. The number of anilines is 1. The Morgan fingerprint density at radius 3 is 2.67 bits per heavy atom. The number of para-hydroxylation sites is 1. The average molecular weight is 398 g/mol. The Morgan fingerprint density at radius 2 is 1.97 bits per heavy atom. The Labute approximate surface area is 174 Å². The summed E-state index contributed by atoms with van der Waals surface area (Å²) >= 11 is 0. The number of hydrogen-bond acceptors (Lipinski definition) is 4. The van der Waals surface area contributed by atoms with Crippen molar-refractivity contribution in [2.24, 2.45) is 0 Å². The number of nitriles is 1. The standard InChI is InChI=1S/C23H22N6O/c1-13(2)21-18(12-25-29(21)20-8-6-5-7-14(20)3)23(30)26-22-17-9-15(4)16(11-24)10-19(17)27-28-22/h5-10,12-13H,1-4H3,(H2,26,27,28,30). The highest BCUT2D eigenvalue weighted by Crippen LogP contribution is 2.27. The van der Waals surface area contributed by atoms with Crippen LogP contribution in [0.5, 0.6) is 0 Å². The minimum atomic E-state index is -0.269. The largest absolute Gasteiger partial charge is 0.304 e. The van der Waals surface area contributed by atoms with Gasteiger partial charge in [-0.25, -0.2) is 4.68 Å². The second-order valence-electron chi connectivity index (χ2n) is 7.65. The summed E-state index contributed by atoms with van der Waals surface area (Å²) in [6.45, 7) is 7.97. The van der Waals surface area contributed by atoms with E-state index in [9.17, 15) is 10.1 Å². The number of amides is 1. The van der Waals surface area contributed by atoms with Crippen LogP contribution in [0.2, 0.25) is 0 Å². The second kappa shape index (κ2) is 7.48. The quantitative estimate of drug-likeness (QED) is 0.524. The Bertz CT molecular complexity index is 1310. The van der Waals surface area contributed by atoms with Crippen molar-refractivity contribution in [1.29, 1.82) is 5.26 Å². The van der Waals surface area contributed by atoms with Gasteiger partial charge in [-0.2, -0.15) is 15.5 Å². The van der Waals surface area contributed by atoms with Crippen LogP contribution in [-0.2, 0) is 0 Å². The molecule has 0 radical (unpaired) electrons. The fourth-order valence-electron chi connectivity index (χ4n) is 3.64. The third-order valence-electron chi connectivity index (χ3n) is 5.20. The van der Waals surface area contributed by atoms with Crippen molar-refractivity contribution < 1.29 is 4.79 Å². The fraction of sp³-hybridized carbons (Fsp3) is 0.217. The minimum Gasteiger partial charge on any atom is -0.304 e. The Kier molecular flexibility index (Phi) is 4.84. The third kappa shape index (κ3) is 3.22. The molecule has 0 bridgehead atoms. The smallest absolute Gasteiger partial charge is 0.260 e. The number of aromatic amines is 1. The zero-order valence-electron chi connectivity index (χ0n) is 17.3. The summed E-state index contributed by atoms with van der Waals surface area (Å²) in [5, 5.41) is 24.5. The molecule has 4 aromatic rings. The predicted octanol–water partition coefficient (Wildman–Crippen LogP) is 4.61. The lowest BCUT2D eigenvalue weighted by molar-refractivity contribution is 0.102. The highest BCUT2D eigenvalue weighted by molar-refractivity contribution is 6.08. The topological polar surface area (TPSA) is 99.4 Å². The summed E-state index contributed by atoms with van der Waals surface area (Å²) in [4.78, 5) is 13.1. The molecule has 0 atom stereocenters. The van der Waals surface area contributed by atoms with Gasteiger partial charge in [0.05, 0.1) is 40.3 Å². The molecule has 0 aliphatic carbocycles. The minimum absolute atomic E-state index is 0.0872. The molecule has 2 aromatic heterocycles. The molecule has 2 N–H and O–H groups in total. The van der Waals surface area contributed by atoms with Gasteiger partial charge in [-0.1, -0.05) is 32.0 Å². The highest BCUT2D eigenvalue weighted by atomic mass is 16.1. The molecule has 7 heteroatoms. The van der Waals surface area contributed by atoms with Crippen LogP contribution in [-0.4, -0.2) is 25.9 Å². The lowest BCUT2D eigenvalue weighted by Crippen LogP contribution is -2.16. The predicted molar refractivity (Wildman–Crippen MR) is 116 cm³/mol. The van der Waals surface area contributed by atoms with Crippen molar-refractivity contribution in [3.63, 3.8) is 0 Å². The molecule has 1 amide bonds. The first-order valence-corrected chi connectivity index (χ1v) is 9.74. The first-order valence-electron chi connectivity index (χ1n) is 9.74. The van der Waals surface area contributed by atoms with Gasteiger partial charge >= 0.3 is 0 Å². The van der Waals surface area contributed by atoms with Gasteiger partial charge in [0, 0.05) is 5.39 Å². The summed E-state index contributed by atoms with van der Waals surface area (Å²) in [6, 6.07) is 13.7. The van der Waals surface area contributed by atoms with Crippen LogP contribution in [0, 0.1) is 25.2 Å². The molecule has 0 saturated carbocycles. The lowest BCUT2D eigenvalue weighted by Gasteiger charge is -2.14. The maximum atomic E-state index is 13.1. The monoisotopic (exact) mass is 398 g/mol. The number of carbonyl (C=O) groups excluding carboxylic acids is 1. The normalized spacial score (nSPS) is 11.1. The molecular weight excluding hydrogens is 376 g/mol. The van der Waals surface area contributed by atoms with E-state index in [1.807, 2.05) is 62.7 Å². The number of nitrogens with one attached hydrogen (secondary N) is 2. The summed E-state index contributed by atoms with van der Waals surface area (Å²) in [5.41, 5.74) is 5.48. The molecule has 0 unspecified atom stereocenters. The average Bonchev–Trinajstić information content (AvgIpc) is 3.32. The lowest BCUT2D eigenvalue weighted by atomic mass is 10.0. The molecule has 0 saturated heterocycles. The summed E-state index contributed by atoms with van der Waals surface area (Å²) < 4.78 is 1.83. The van der Waals surface area contributed by atoms with Crippen LogP contribution in [0.3, 0.4) is 0 Å². The van der Waals surface area contributed by atoms with E-state index in [0.29, 0.717) is 22.5 Å². The van der Waals surface area contributed by atoms with Crippen LogP contribution in [0.15, 0.2) is 42.6 Å². The van der Waals surface area contributed by atoms with E-state index in [1.54, 1.807) is 12.3 Å². The fourth-order valence-corrected chi connectivity index (χ4v) is 3.64. The Hall–Kier alpha value is -3.92. The highest BCUT2D eigenvalue weighted by Gasteiger charge is 2.23. The zero-order valence-corrected chi connectivity index (χ0v) is 17.3. The molecule has 0 fully saturated rings. The molecule has 2 aromatic carbocycles. The maximum Gasteiger partial charge on any atom is 0.260 e. The Balaban J connectivity index is 1.73. The Morgan fingerprint density at radius 1 is 1.20 bits per heavy atom. The number of benzene rings is 2. The number of nitrogens with zero attached hydrogens (tertiary/aromatic N) is 4. The van der Waals surface area contributed by atoms with Crippen LogP contribution in [0.1, 0.15) is 52.5 Å².